The van der Waals surface area contributed by atoms with Crippen molar-refractivity contribution >= 4 is 22.9 Å². The number of H-pyrrole nitrogens is 1. The number of oxime groups is 1. The van der Waals surface area contributed by atoms with Crippen molar-refractivity contribution in [3.63, 3.8) is 0 Å². The number of carbonyl (C=O) groups is 1. The van der Waals surface area contributed by atoms with Crippen LogP contribution in [0.5, 0.6) is 6.01 Å². The molecule has 2 N–H and O–H groups in total. The Labute approximate surface area is 190 Å². The molecule has 10 heteroatoms. The number of rotatable bonds is 8. The summed E-state index contributed by atoms with van der Waals surface area (Å²) in [5.41, 5.74) is 0.838. The maximum atomic E-state index is 12.7. The summed E-state index contributed by atoms with van der Waals surface area (Å²) in [4.78, 5) is 48.4. The standard InChI is InChI=1S/C23H30N4O6/c1-3-31-22(30)24-15-6-8-16(9-7-15)27-33-21-25-19(29)18-14(5-4-10-23(2)11-12-23)13-17(28)32-20(18)26-21/h13,15H,3-12H2,1-2H3,(H,24,30)(H,25,26,29). The summed E-state index contributed by atoms with van der Waals surface area (Å²) in [6.45, 7) is 4.35. The molecule has 2 heterocycles. The van der Waals surface area contributed by atoms with E-state index >= 15 is 0 Å². The van der Waals surface area contributed by atoms with Crippen LogP contribution in [0.4, 0.5) is 4.79 Å². The molecule has 0 spiro atoms. The van der Waals surface area contributed by atoms with E-state index < -0.39 is 17.3 Å². The van der Waals surface area contributed by atoms with Crippen LogP contribution in [0.2, 0.25) is 0 Å². The summed E-state index contributed by atoms with van der Waals surface area (Å²) in [7, 11) is 0. The van der Waals surface area contributed by atoms with Gasteiger partial charge in [0.05, 0.1) is 12.3 Å². The molecule has 4 rings (SSSR count). The monoisotopic (exact) mass is 458 g/mol. The first-order valence-corrected chi connectivity index (χ1v) is 11.6. The van der Waals surface area contributed by atoms with Crippen molar-refractivity contribution in [2.24, 2.45) is 10.6 Å². The van der Waals surface area contributed by atoms with Crippen LogP contribution in [0.3, 0.4) is 0 Å². The van der Waals surface area contributed by atoms with Crippen LogP contribution >= 0.6 is 0 Å². The lowest BCUT2D eigenvalue weighted by atomic mass is 9.94. The molecule has 2 saturated carbocycles. The molecule has 0 radical (unpaired) electrons. The molecule has 2 aromatic heterocycles. The second-order valence-electron chi connectivity index (χ2n) is 9.19. The highest BCUT2D eigenvalue weighted by Gasteiger charge is 2.36. The molecule has 2 aromatic rings. The first kappa shape index (κ1) is 23.0. The van der Waals surface area contributed by atoms with E-state index in [0.29, 0.717) is 49.7 Å². The first-order chi connectivity index (χ1) is 15.8. The van der Waals surface area contributed by atoms with Crippen molar-refractivity contribution in [1.29, 1.82) is 0 Å². The third-order valence-corrected chi connectivity index (χ3v) is 6.43. The summed E-state index contributed by atoms with van der Waals surface area (Å²) >= 11 is 0. The van der Waals surface area contributed by atoms with Gasteiger partial charge in [-0.3, -0.25) is 9.78 Å². The number of alkyl carbamates (subject to hydrolysis) is 1. The average Bonchev–Trinajstić information content (AvgIpc) is 3.50. The zero-order valence-electron chi connectivity index (χ0n) is 19.1. The minimum atomic E-state index is -0.544. The predicted octanol–water partition coefficient (Wildman–Crippen LogP) is 3.42. The van der Waals surface area contributed by atoms with Crippen LogP contribution in [0.15, 0.2) is 25.2 Å². The number of fused-ring (bicyclic) bond motifs is 1. The van der Waals surface area contributed by atoms with E-state index in [1.54, 1.807) is 6.92 Å². The largest absolute Gasteiger partial charge is 0.450 e. The van der Waals surface area contributed by atoms with Gasteiger partial charge in [-0.1, -0.05) is 12.1 Å². The van der Waals surface area contributed by atoms with E-state index in [0.717, 1.165) is 18.6 Å². The maximum absolute atomic E-state index is 12.7. The van der Waals surface area contributed by atoms with Crippen LogP contribution in [0, 0.1) is 5.41 Å². The van der Waals surface area contributed by atoms with Gasteiger partial charge in [-0.15, -0.1) is 0 Å². The Hall–Kier alpha value is -3.17. The van der Waals surface area contributed by atoms with Crippen molar-refractivity contribution < 1.29 is 18.8 Å². The fraction of sp³-hybridized carbons (Fsp3) is 0.609. The van der Waals surface area contributed by atoms with E-state index in [1.807, 2.05) is 0 Å². The summed E-state index contributed by atoms with van der Waals surface area (Å²) in [5, 5.41) is 7.20. The molecule has 2 fully saturated rings. The molecule has 2 aliphatic carbocycles. The third kappa shape index (κ3) is 6.00. The Bertz CT molecular complexity index is 1150. The van der Waals surface area contributed by atoms with Crippen molar-refractivity contribution in [2.75, 3.05) is 6.61 Å². The zero-order chi connectivity index (χ0) is 23.4. The number of carbonyl (C=O) groups excluding carboxylic acids is 1. The van der Waals surface area contributed by atoms with E-state index in [2.05, 4.69) is 27.4 Å². The lowest BCUT2D eigenvalue weighted by Gasteiger charge is -2.23. The molecular formula is C23H30N4O6. The Morgan fingerprint density at radius 2 is 2.09 bits per heavy atom. The fourth-order valence-corrected chi connectivity index (χ4v) is 4.17. The molecule has 10 nitrogen and oxygen atoms in total. The lowest BCUT2D eigenvalue weighted by molar-refractivity contribution is 0.146. The van der Waals surface area contributed by atoms with Gasteiger partial charge in [0, 0.05) is 12.1 Å². The second-order valence-corrected chi connectivity index (χ2v) is 9.19. The van der Waals surface area contributed by atoms with Gasteiger partial charge >= 0.3 is 17.7 Å². The number of aryl methyl sites for hydroxylation is 1. The van der Waals surface area contributed by atoms with Crippen molar-refractivity contribution in [3.8, 4) is 6.01 Å². The van der Waals surface area contributed by atoms with Gasteiger partial charge in [-0.05, 0) is 75.7 Å². The zero-order valence-corrected chi connectivity index (χ0v) is 19.1. The van der Waals surface area contributed by atoms with E-state index in [4.69, 9.17) is 14.0 Å². The highest BCUT2D eigenvalue weighted by atomic mass is 16.6. The number of ether oxygens (including phenoxy) is 1. The van der Waals surface area contributed by atoms with Crippen LogP contribution in [-0.2, 0) is 11.2 Å². The molecule has 0 atom stereocenters. The molecule has 0 aliphatic heterocycles. The molecule has 0 bridgehead atoms. The van der Waals surface area contributed by atoms with Gasteiger partial charge in [0.25, 0.3) is 5.56 Å². The van der Waals surface area contributed by atoms with Gasteiger partial charge < -0.3 is 19.3 Å². The van der Waals surface area contributed by atoms with Crippen molar-refractivity contribution in [2.45, 2.75) is 77.7 Å². The Balaban J connectivity index is 1.41. The second kappa shape index (κ2) is 9.76. The first-order valence-electron chi connectivity index (χ1n) is 11.6. The summed E-state index contributed by atoms with van der Waals surface area (Å²) in [6, 6.07) is 1.27. The average molecular weight is 459 g/mol. The van der Waals surface area contributed by atoms with Crippen LogP contribution < -0.4 is 21.3 Å². The molecule has 1 amide bonds. The van der Waals surface area contributed by atoms with Crippen molar-refractivity contribution in [1.82, 2.24) is 15.3 Å². The topological polar surface area (TPSA) is 136 Å². The summed E-state index contributed by atoms with van der Waals surface area (Å²) in [6.07, 6.45) is 7.31. The Morgan fingerprint density at radius 1 is 1.33 bits per heavy atom. The third-order valence-electron chi connectivity index (χ3n) is 6.43. The van der Waals surface area contributed by atoms with E-state index in [9.17, 15) is 14.4 Å². The highest BCUT2D eigenvalue weighted by molar-refractivity contribution is 5.85. The number of aromatic amines is 1. The van der Waals surface area contributed by atoms with Gasteiger partial charge in [-0.2, -0.15) is 4.98 Å². The smallest absolute Gasteiger partial charge is 0.407 e. The number of aromatic nitrogens is 2. The molecule has 0 unspecified atom stereocenters. The summed E-state index contributed by atoms with van der Waals surface area (Å²) < 4.78 is 10.1. The Morgan fingerprint density at radius 3 is 2.79 bits per heavy atom. The lowest BCUT2D eigenvalue weighted by Crippen LogP contribution is -2.38. The minimum Gasteiger partial charge on any atom is -0.450 e. The SMILES string of the molecule is CCOC(=O)NC1CCC(=NOc2nc3oc(=O)cc(CCCC4(C)CC4)c3c(=O)[nH]2)CC1. The fourth-order valence-electron chi connectivity index (χ4n) is 4.17. The van der Waals surface area contributed by atoms with Gasteiger partial charge in [0.1, 0.15) is 5.39 Å². The maximum Gasteiger partial charge on any atom is 0.407 e. The van der Waals surface area contributed by atoms with Crippen LogP contribution in [-0.4, -0.2) is 34.4 Å². The number of hydrogen-bond acceptors (Lipinski definition) is 8. The van der Waals surface area contributed by atoms with Gasteiger partial charge in [0.2, 0.25) is 5.71 Å². The number of hydrogen-bond donors (Lipinski definition) is 2. The van der Waals surface area contributed by atoms with Gasteiger partial charge in [0.15, 0.2) is 0 Å². The number of amides is 1. The molecule has 0 aromatic carbocycles. The predicted molar refractivity (Wildman–Crippen MR) is 122 cm³/mol. The van der Waals surface area contributed by atoms with Gasteiger partial charge in [-0.25, -0.2) is 9.59 Å². The van der Waals surface area contributed by atoms with Crippen LogP contribution in [0.1, 0.15) is 70.8 Å². The Kier molecular flexibility index (Phi) is 6.80. The van der Waals surface area contributed by atoms with Crippen LogP contribution in [0.25, 0.3) is 11.1 Å². The molecule has 2 aliphatic rings. The summed E-state index contributed by atoms with van der Waals surface area (Å²) in [5.74, 6) is 0. The molecular weight excluding hydrogens is 428 g/mol. The van der Waals surface area contributed by atoms with Crippen molar-refractivity contribution in [3.05, 3.63) is 32.4 Å². The molecule has 0 saturated heterocycles. The van der Waals surface area contributed by atoms with E-state index in [1.165, 1.54) is 18.9 Å². The number of nitrogens with one attached hydrogen (secondary N) is 2. The quantitative estimate of drug-likeness (QED) is 0.578. The molecule has 178 valence electrons. The highest BCUT2D eigenvalue weighted by Crippen LogP contribution is 2.49. The van der Waals surface area contributed by atoms with E-state index in [-0.39, 0.29) is 23.2 Å². The normalized spacial score (nSPS) is 19.2. The molecule has 33 heavy (non-hydrogen) atoms. The number of nitrogens with zero attached hydrogens (tertiary/aromatic N) is 2. The minimum absolute atomic E-state index is 0.0248.